The van der Waals surface area contributed by atoms with Crippen molar-refractivity contribution in [1.29, 1.82) is 0 Å². The fraction of sp³-hybridized carbons (Fsp3) is 1.00. The smallest absolute Gasteiger partial charge is 0.0589 e. The lowest BCUT2D eigenvalue weighted by molar-refractivity contribution is 0.105. The molecule has 0 radical (unpaired) electrons. The lowest BCUT2D eigenvalue weighted by atomic mass is 10.1. The molecular weight excluding hydrogens is 216 g/mol. The molecule has 1 atom stereocenters. The lowest BCUT2D eigenvalue weighted by Crippen LogP contribution is -2.37. The number of hydrogen-bond donors (Lipinski definition) is 1. The zero-order valence-electron chi connectivity index (χ0n) is 11.6. The second-order valence-corrected chi connectivity index (χ2v) is 5.07. The molecule has 4 heteroatoms. The quantitative estimate of drug-likeness (QED) is 0.587. The highest BCUT2D eigenvalue weighted by Gasteiger charge is 2.21. The van der Waals surface area contributed by atoms with Crippen LogP contribution in [0.3, 0.4) is 0 Å². The van der Waals surface area contributed by atoms with Gasteiger partial charge in [0.2, 0.25) is 0 Å². The van der Waals surface area contributed by atoms with Gasteiger partial charge in [0.25, 0.3) is 0 Å². The zero-order chi connectivity index (χ0) is 12.5. The Morgan fingerprint density at radius 2 is 1.76 bits per heavy atom. The highest BCUT2D eigenvalue weighted by Crippen LogP contribution is 2.18. The highest BCUT2D eigenvalue weighted by molar-refractivity contribution is 4.81. The summed E-state index contributed by atoms with van der Waals surface area (Å²) in [4.78, 5) is 2.42. The van der Waals surface area contributed by atoms with Gasteiger partial charge in [0.05, 0.1) is 13.2 Å². The molecule has 0 saturated heterocycles. The Morgan fingerprint density at radius 3 is 2.24 bits per heavy atom. The van der Waals surface area contributed by atoms with Crippen molar-refractivity contribution in [2.24, 2.45) is 5.92 Å². The van der Waals surface area contributed by atoms with Gasteiger partial charge in [-0.3, -0.25) is 4.90 Å². The summed E-state index contributed by atoms with van der Waals surface area (Å²) in [7, 11) is 3.51. The van der Waals surface area contributed by atoms with Crippen molar-refractivity contribution in [3.8, 4) is 0 Å². The van der Waals surface area contributed by atoms with Crippen LogP contribution >= 0.6 is 0 Å². The molecule has 1 N–H and O–H groups in total. The molecule has 0 amide bonds. The van der Waals surface area contributed by atoms with Crippen LogP contribution in [0.2, 0.25) is 0 Å². The average Bonchev–Trinajstić information content (AvgIpc) is 3.14. The molecule has 0 aromatic rings. The van der Waals surface area contributed by atoms with Crippen molar-refractivity contribution in [2.75, 3.05) is 53.6 Å². The molecule has 0 spiro atoms. The Balaban J connectivity index is 2.13. The summed E-state index contributed by atoms with van der Waals surface area (Å²) in [6, 6.07) is 0.809. The molecule has 0 aromatic carbocycles. The molecule has 0 aromatic heterocycles. The second-order valence-electron chi connectivity index (χ2n) is 5.07. The van der Waals surface area contributed by atoms with Crippen molar-refractivity contribution < 1.29 is 9.47 Å². The van der Waals surface area contributed by atoms with E-state index >= 15 is 0 Å². The van der Waals surface area contributed by atoms with Crippen LogP contribution in [0.4, 0.5) is 0 Å². The third-order valence-electron chi connectivity index (χ3n) is 3.13. The topological polar surface area (TPSA) is 33.7 Å². The van der Waals surface area contributed by atoms with Crippen LogP contribution in [-0.4, -0.2) is 64.6 Å². The van der Waals surface area contributed by atoms with Crippen LogP contribution in [0.25, 0.3) is 0 Å². The first-order valence-electron chi connectivity index (χ1n) is 6.70. The van der Waals surface area contributed by atoms with Crippen LogP contribution in [0.5, 0.6) is 0 Å². The molecule has 1 aliphatic rings. The summed E-state index contributed by atoms with van der Waals surface area (Å²) in [6.45, 7) is 8.13. The predicted molar refractivity (Wildman–Crippen MR) is 70.4 cm³/mol. The summed E-state index contributed by atoms with van der Waals surface area (Å²) in [5.41, 5.74) is 0. The van der Waals surface area contributed by atoms with Crippen molar-refractivity contribution in [3.05, 3.63) is 0 Å². The van der Waals surface area contributed by atoms with Crippen molar-refractivity contribution in [2.45, 2.75) is 25.8 Å². The highest BCUT2D eigenvalue weighted by atomic mass is 16.5. The van der Waals surface area contributed by atoms with Crippen LogP contribution in [0, 0.1) is 5.92 Å². The van der Waals surface area contributed by atoms with E-state index in [9.17, 15) is 0 Å². The third kappa shape index (κ3) is 7.71. The average molecular weight is 244 g/mol. The first kappa shape index (κ1) is 14.9. The maximum absolute atomic E-state index is 5.14. The minimum absolute atomic E-state index is 0.685. The minimum Gasteiger partial charge on any atom is -0.383 e. The van der Waals surface area contributed by atoms with Crippen LogP contribution < -0.4 is 5.32 Å². The summed E-state index contributed by atoms with van der Waals surface area (Å²) in [6.07, 6.45) is 2.73. The molecule has 1 rings (SSSR count). The van der Waals surface area contributed by atoms with E-state index in [0.29, 0.717) is 5.92 Å². The molecule has 102 valence electrons. The Kier molecular flexibility index (Phi) is 7.77. The minimum atomic E-state index is 0.685. The van der Waals surface area contributed by atoms with Gasteiger partial charge in [0.15, 0.2) is 0 Å². The Hall–Kier alpha value is -0.160. The molecule has 0 aliphatic heterocycles. The summed E-state index contributed by atoms with van der Waals surface area (Å²) < 4.78 is 10.3. The van der Waals surface area contributed by atoms with E-state index in [0.717, 1.165) is 45.4 Å². The first-order chi connectivity index (χ1) is 8.26. The summed E-state index contributed by atoms with van der Waals surface area (Å²) in [5, 5.41) is 3.58. The number of nitrogens with one attached hydrogen (secondary N) is 1. The largest absolute Gasteiger partial charge is 0.383 e. The van der Waals surface area contributed by atoms with E-state index in [1.165, 1.54) is 12.8 Å². The van der Waals surface area contributed by atoms with Crippen molar-refractivity contribution in [3.63, 3.8) is 0 Å². The third-order valence-corrected chi connectivity index (χ3v) is 3.13. The number of methoxy groups -OCH3 is 2. The number of hydrogen-bond acceptors (Lipinski definition) is 4. The number of rotatable bonds is 11. The van der Waals surface area contributed by atoms with E-state index in [1.807, 2.05) is 0 Å². The lowest BCUT2D eigenvalue weighted by Gasteiger charge is -2.25. The normalized spacial score (nSPS) is 17.6. The van der Waals surface area contributed by atoms with Crippen molar-refractivity contribution in [1.82, 2.24) is 10.2 Å². The van der Waals surface area contributed by atoms with Gasteiger partial charge in [-0.25, -0.2) is 0 Å². The van der Waals surface area contributed by atoms with Gasteiger partial charge < -0.3 is 14.8 Å². The fourth-order valence-corrected chi connectivity index (χ4v) is 1.90. The van der Waals surface area contributed by atoms with Gasteiger partial charge in [-0.05, 0) is 25.3 Å². The van der Waals surface area contributed by atoms with E-state index in [-0.39, 0.29) is 0 Å². The molecule has 0 bridgehead atoms. The first-order valence-corrected chi connectivity index (χ1v) is 6.70. The maximum atomic E-state index is 5.14. The van der Waals surface area contributed by atoms with Crippen LogP contribution in [-0.2, 0) is 9.47 Å². The molecular formula is C13H28N2O2. The molecule has 1 saturated carbocycles. The molecule has 1 fully saturated rings. The van der Waals surface area contributed by atoms with Gasteiger partial charge in [-0.15, -0.1) is 0 Å². The van der Waals surface area contributed by atoms with Crippen LogP contribution in [0.15, 0.2) is 0 Å². The molecule has 0 heterocycles. The molecule has 17 heavy (non-hydrogen) atoms. The van der Waals surface area contributed by atoms with Gasteiger partial charge in [0.1, 0.15) is 0 Å². The van der Waals surface area contributed by atoms with Gasteiger partial charge >= 0.3 is 0 Å². The summed E-state index contributed by atoms with van der Waals surface area (Å²) >= 11 is 0. The van der Waals surface area contributed by atoms with Gasteiger partial charge in [-0.2, -0.15) is 0 Å². The zero-order valence-corrected chi connectivity index (χ0v) is 11.6. The second kappa shape index (κ2) is 8.86. The fourth-order valence-electron chi connectivity index (χ4n) is 1.90. The standard InChI is InChI=1S/C13H28N2O2/c1-12(10-14-13-4-5-13)11-15(6-8-16-2)7-9-17-3/h12-14H,4-11H2,1-3H3. The Morgan fingerprint density at radius 1 is 1.18 bits per heavy atom. The molecule has 1 unspecified atom stereocenters. The van der Waals surface area contributed by atoms with E-state index in [4.69, 9.17) is 9.47 Å². The molecule has 1 aliphatic carbocycles. The maximum Gasteiger partial charge on any atom is 0.0589 e. The van der Waals surface area contributed by atoms with E-state index < -0.39 is 0 Å². The predicted octanol–water partition coefficient (Wildman–Crippen LogP) is 0.969. The Labute approximate surface area is 106 Å². The van der Waals surface area contributed by atoms with Gasteiger partial charge in [0, 0.05) is 39.9 Å². The Bertz CT molecular complexity index is 178. The molecule has 4 nitrogen and oxygen atoms in total. The van der Waals surface area contributed by atoms with Crippen LogP contribution in [0.1, 0.15) is 19.8 Å². The van der Waals surface area contributed by atoms with Gasteiger partial charge in [-0.1, -0.05) is 6.92 Å². The monoisotopic (exact) mass is 244 g/mol. The summed E-state index contributed by atoms with van der Waals surface area (Å²) in [5.74, 6) is 0.685. The number of nitrogens with zero attached hydrogens (tertiary/aromatic N) is 1. The van der Waals surface area contributed by atoms with E-state index in [2.05, 4.69) is 17.1 Å². The SMILES string of the molecule is COCCN(CCOC)CC(C)CNC1CC1. The van der Waals surface area contributed by atoms with Crippen molar-refractivity contribution >= 4 is 0 Å². The number of ether oxygens (including phenoxy) is 2. The van der Waals surface area contributed by atoms with E-state index in [1.54, 1.807) is 14.2 Å².